The number of hydrogen-bond acceptors (Lipinski definition) is 3. The minimum atomic E-state index is -4.27. The van der Waals surface area contributed by atoms with E-state index in [1.54, 1.807) is 6.08 Å². The van der Waals surface area contributed by atoms with Crippen molar-refractivity contribution in [1.82, 2.24) is 10.6 Å². The van der Waals surface area contributed by atoms with E-state index in [9.17, 15) is 13.2 Å². The Balaban J connectivity index is 2.13. The Morgan fingerprint density at radius 3 is 2.73 bits per heavy atom. The van der Waals surface area contributed by atoms with Crippen molar-refractivity contribution >= 4 is 0 Å². The zero-order valence-corrected chi connectivity index (χ0v) is 5.56. The first-order valence-electron chi connectivity index (χ1n) is 2.96. The Morgan fingerprint density at radius 2 is 2.27 bits per heavy atom. The molecule has 1 N–H and O–H groups in total. The summed E-state index contributed by atoms with van der Waals surface area (Å²) in [5.41, 5.74) is 2.46. The molecule has 0 spiro atoms. The molecule has 0 aromatic rings. The molecule has 0 amide bonds. The van der Waals surface area contributed by atoms with E-state index in [1.165, 1.54) is 6.20 Å². The van der Waals surface area contributed by atoms with Gasteiger partial charge in [-0.15, -0.1) is 0 Å². The van der Waals surface area contributed by atoms with Crippen molar-refractivity contribution in [3.05, 3.63) is 12.3 Å². The normalized spacial score (nSPS) is 18.8. The highest BCUT2D eigenvalue weighted by Crippen LogP contribution is 2.15. The van der Waals surface area contributed by atoms with Crippen molar-refractivity contribution in [3.63, 3.8) is 0 Å². The third-order valence-corrected chi connectivity index (χ3v) is 0.992. The van der Waals surface area contributed by atoms with E-state index in [1.807, 2.05) is 0 Å². The molecule has 0 radical (unpaired) electrons. The van der Waals surface area contributed by atoms with Gasteiger partial charge in [0, 0.05) is 6.20 Å². The van der Waals surface area contributed by atoms with Crippen LogP contribution in [0, 0.1) is 0 Å². The van der Waals surface area contributed by atoms with Crippen molar-refractivity contribution in [2.24, 2.45) is 0 Å². The second kappa shape index (κ2) is 3.10. The lowest BCUT2D eigenvalue weighted by molar-refractivity contribution is -0.259. The third kappa shape index (κ3) is 3.24. The van der Waals surface area contributed by atoms with Crippen LogP contribution in [0.25, 0.3) is 0 Å². The molecule has 3 nitrogen and oxygen atoms in total. The molecule has 1 heterocycles. The summed E-state index contributed by atoms with van der Waals surface area (Å²) in [5, 5.41) is 1.01. The van der Waals surface area contributed by atoms with Gasteiger partial charge in [-0.05, 0) is 6.08 Å². The van der Waals surface area contributed by atoms with E-state index in [4.69, 9.17) is 0 Å². The number of hydrazine groups is 1. The van der Waals surface area contributed by atoms with Gasteiger partial charge >= 0.3 is 6.18 Å². The minimum absolute atomic E-state index is 0.329. The zero-order chi connectivity index (χ0) is 8.32. The van der Waals surface area contributed by atoms with Crippen LogP contribution in [0.4, 0.5) is 13.2 Å². The number of hydroxylamine groups is 1. The summed E-state index contributed by atoms with van der Waals surface area (Å²) >= 11 is 0. The summed E-state index contributed by atoms with van der Waals surface area (Å²) in [7, 11) is 0. The summed E-state index contributed by atoms with van der Waals surface area (Å²) in [4.78, 5) is 4.30. The molecule has 1 aliphatic rings. The van der Waals surface area contributed by atoms with Gasteiger partial charge < -0.3 is 5.43 Å². The van der Waals surface area contributed by atoms with Gasteiger partial charge in [0.2, 0.25) is 0 Å². The number of hydrogen-bond donors (Lipinski definition) is 1. The van der Waals surface area contributed by atoms with Gasteiger partial charge in [-0.25, -0.2) is 0 Å². The lowest BCUT2D eigenvalue weighted by Gasteiger charge is -2.16. The van der Waals surface area contributed by atoms with E-state index in [0.717, 1.165) is 5.17 Å². The van der Waals surface area contributed by atoms with Crippen LogP contribution >= 0.6 is 0 Å². The molecule has 6 heteroatoms. The lowest BCUT2D eigenvalue weighted by Crippen LogP contribution is -2.34. The summed E-state index contributed by atoms with van der Waals surface area (Å²) in [6, 6.07) is 0. The van der Waals surface area contributed by atoms with E-state index in [-0.39, 0.29) is 0 Å². The Bertz CT molecular complexity index is 148. The summed E-state index contributed by atoms with van der Waals surface area (Å²) in [5.74, 6) is 0. The summed E-state index contributed by atoms with van der Waals surface area (Å²) in [6.45, 7) is -0.933. The molecule has 1 aliphatic heterocycles. The first-order chi connectivity index (χ1) is 5.08. The molecule has 0 atom stereocenters. The van der Waals surface area contributed by atoms with Crippen LogP contribution in [0.15, 0.2) is 12.3 Å². The van der Waals surface area contributed by atoms with Gasteiger partial charge in [-0.1, -0.05) is 5.17 Å². The first kappa shape index (κ1) is 8.35. The fraction of sp³-hybridized carbons (Fsp3) is 0.600. The predicted molar refractivity (Wildman–Crippen MR) is 31.0 cm³/mol. The SMILES string of the molecule is FC(F)(F)CON1CC=CN1. The summed E-state index contributed by atoms with van der Waals surface area (Å²) in [6.07, 6.45) is -1.11. The standard InChI is InChI=1S/C5H7F3N2O/c6-5(7,8)4-11-10-3-1-2-9-10/h1-2,9H,3-4H2. The Hall–Kier alpha value is -0.750. The fourth-order valence-electron chi connectivity index (χ4n) is 0.578. The van der Waals surface area contributed by atoms with Gasteiger partial charge in [0.15, 0.2) is 6.61 Å². The van der Waals surface area contributed by atoms with Crippen LogP contribution in [0.3, 0.4) is 0 Å². The fourth-order valence-corrected chi connectivity index (χ4v) is 0.578. The quantitative estimate of drug-likeness (QED) is 0.660. The highest BCUT2D eigenvalue weighted by Gasteiger charge is 2.29. The molecule has 0 fully saturated rings. The highest BCUT2D eigenvalue weighted by molar-refractivity contribution is 4.85. The van der Waals surface area contributed by atoms with Gasteiger partial charge in [0.25, 0.3) is 0 Å². The Labute approximate surface area is 61.3 Å². The van der Waals surface area contributed by atoms with Crippen LogP contribution in [0.5, 0.6) is 0 Å². The third-order valence-electron chi connectivity index (χ3n) is 0.992. The molecule has 0 bridgehead atoms. The van der Waals surface area contributed by atoms with E-state index in [2.05, 4.69) is 10.3 Å². The molecule has 0 aromatic carbocycles. The second-order valence-corrected chi connectivity index (χ2v) is 1.98. The van der Waals surface area contributed by atoms with Crippen LogP contribution in [-0.4, -0.2) is 24.5 Å². The molecule has 0 saturated carbocycles. The molecular formula is C5H7F3N2O. The van der Waals surface area contributed by atoms with Gasteiger partial charge in [0.05, 0.1) is 6.54 Å². The monoisotopic (exact) mass is 168 g/mol. The number of rotatable bonds is 2. The van der Waals surface area contributed by atoms with E-state index < -0.39 is 12.8 Å². The second-order valence-electron chi connectivity index (χ2n) is 1.98. The van der Waals surface area contributed by atoms with Crippen molar-refractivity contribution in [2.75, 3.05) is 13.2 Å². The maximum atomic E-state index is 11.5. The average molecular weight is 168 g/mol. The van der Waals surface area contributed by atoms with E-state index >= 15 is 0 Å². The van der Waals surface area contributed by atoms with Crippen molar-refractivity contribution in [1.29, 1.82) is 0 Å². The number of alkyl halides is 3. The van der Waals surface area contributed by atoms with E-state index in [0.29, 0.717) is 6.54 Å². The predicted octanol–water partition coefficient (Wildman–Crippen LogP) is 0.814. The molecule has 0 unspecified atom stereocenters. The largest absolute Gasteiger partial charge is 0.413 e. The maximum Gasteiger partial charge on any atom is 0.413 e. The molecule has 0 aromatic heterocycles. The topological polar surface area (TPSA) is 24.5 Å². The Morgan fingerprint density at radius 1 is 1.55 bits per heavy atom. The van der Waals surface area contributed by atoms with Gasteiger partial charge in [-0.3, -0.25) is 4.84 Å². The van der Waals surface area contributed by atoms with Crippen LogP contribution < -0.4 is 5.43 Å². The highest BCUT2D eigenvalue weighted by atomic mass is 19.4. The number of nitrogens with zero attached hydrogens (tertiary/aromatic N) is 1. The van der Waals surface area contributed by atoms with Gasteiger partial charge in [0.1, 0.15) is 0 Å². The van der Waals surface area contributed by atoms with Crippen LogP contribution in [0.2, 0.25) is 0 Å². The molecule has 11 heavy (non-hydrogen) atoms. The van der Waals surface area contributed by atoms with Crippen molar-refractivity contribution in [3.8, 4) is 0 Å². The first-order valence-corrected chi connectivity index (χ1v) is 2.96. The zero-order valence-electron chi connectivity index (χ0n) is 5.56. The van der Waals surface area contributed by atoms with Gasteiger partial charge in [-0.2, -0.15) is 13.2 Å². The van der Waals surface area contributed by atoms with Crippen molar-refractivity contribution < 1.29 is 18.0 Å². The molecule has 1 rings (SSSR count). The molecule has 0 aliphatic carbocycles. The molecule has 0 saturated heterocycles. The Kier molecular flexibility index (Phi) is 2.35. The average Bonchev–Trinajstić information content (AvgIpc) is 2.32. The number of nitrogens with one attached hydrogen (secondary N) is 1. The lowest BCUT2D eigenvalue weighted by atomic mass is 10.7. The number of halogens is 3. The smallest absolute Gasteiger partial charge is 0.304 e. The minimum Gasteiger partial charge on any atom is -0.304 e. The maximum absolute atomic E-state index is 11.5. The van der Waals surface area contributed by atoms with Crippen molar-refractivity contribution in [2.45, 2.75) is 6.18 Å². The molecular weight excluding hydrogens is 161 g/mol. The van der Waals surface area contributed by atoms with Crippen LogP contribution in [0.1, 0.15) is 0 Å². The summed E-state index contributed by atoms with van der Waals surface area (Å²) < 4.78 is 34.5. The molecule has 64 valence electrons. The van der Waals surface area contributed by atoms with Crippen LogP contribution in [-0.2, 0) is 4.84 Å².